The number of hydrogen-bond acceptors (Lipinski definition) is 4. The molecule has 4 aromatic rings. The lowest BCUT2D eigenvalue weighted by molar-refractivity contribution is 0.112. The van der Waals surface area contributed by atoms with Crippen molar-refractivity contribution in [3.05, 3.63) is 88.4 Å². The number of benzene rings is 3. The van der Waals surface area contributed by atoms with Crippen LogP contribution >= 0.6 is 11.6 Å². The number of carbonyl (C=O) groups excluding carboxylic acids is 1. The standard InChI is InChI=1S/C24H18ClNO3/c1-15-17(14-29-24-12-23(28)18(13-27)11-20(24)25)6-4-7-19(15)22-10-9-16-5-2-3-8-21(16)26-22/h2-13,28H,14H2,1H3. The number of hydrogen-bond donors (Lipinski definition) is 1. The Morgan fingerprint density at radius 3 is 2.72 bits per heavy atom. The number of phenols is 1. The lowest BCUT2D eigenvalue weighted by atomic mass is 9.99. The molecule has 1 N–H and O–H groups in total. The number of para-hydroxylation sites is 1. The van der Waals surface area contributed by atoms with Gasteiger partial charge in [0.1, 0.15) is 18.1 Å². The zero-order chi connectivity index (χ0) is 20.4. The Morgan fingerprint density at radius 1 is 1.07 bits per heavy atom. The molecular weight excluding hydrogens is 386 g/mol. The number of halogens is 1. The fraction of sp³-hybridized carbons (Fsp3) is 0.0833. The average molecular weight is 404 g/mol. The highest BCUT2D eigenvalue weighted by Gasteiger charge is 2.12. The molecule has 0 saturated heterocycles. The second kappa shape index (κ2) is 7.94. The van der Waals surface area contributed by atoms with Crippen LogP contribution in [0.25, 0.3) is 22.2 Å². The second-order valence-corrected chi connectivity index (χ2v) is 7.13. The molecule has 0 radical (unpaired) electrons. The van der Waals surface area contributed by atoms with Crippen molar-refractivity contribution >= 4 is 28.8 Å². The molecule has 29 heavy (non-hydrogen) atoms. The van der Waals surface area contributed by atoms with Crippen molar-refractivity contribution in [1.82, 2.24) is 4.98 Å². The van der Waals surface area contributed by atoms with Crippen molar-refractivity contribution in [3.8, 4) is 22.8 Å². The van der Waals surface area contributed by atoms with Crippen LogP contribution in [0.1, 0.15) is 21.5 Å². The SMILES string of the molecule is Cc1c(COc2cc(O)c(C=O)cc2Cl)cccc1-c1ccc2ccccc2n1. The molecular formula is C24H18ClNO3. The monoisotopic (exact) mass is 403 g/mol. The summed E-state index contributed by atoms with van der Waals surface area (Å²) in [6, 6.07) is 20.8. The Kier molecular flexibility index (Phi) is 5.19. The zero-order valence-corrected chi connectivity index (χ0v) is 16.5. The number of nitrogens with zero attached hydrogens (tertiary/aromatic N) is 1. The van der Waals surface area contributed by atoms with Crippen LogP contribution in [0.3, 0.4) is 0 Å². The summed E-state index contributed by atoms with van der Waals surface area (Å²) in [6.07, 6.45) is 0.551. The number of aldehydes is 1. The van der Waals surface area contributed by atoms with Crippen LogP contribution in [0.5, 0.6) is 11.5 Å². The van der Waals surface area contributed by atoms with E-state index in [1.54, 1.807) is 0 Å². The molecule has 3 aromatic carbocycles. The van der Waals surface area contributed by atoms with E-state index < -0.39 is 0 Å². The van der Waals surface area contributed by atoms with E-state index in [2.05, 4.69) is 6.07 Å². The summed E-state index contributed by atoms with van der Waals surface area (Å²) < 4.78 is 5.82. The molecule has 0 aliphatic heterocycles. The Hall–Kier alpha value is -3.37. The summed E-state index contributed by atoms with van der Waals surface area (Å²) in [5, 5.41) is 11.2. The number of aromatic nitrogens is 1. The summed E-state index contributed by atoms with van der Waals surface area (Å²) in [5.74, 6) is 0.161. The minimum atomic E-state index is -0.162. The highest BCUT2D eigenvalue weighted by Crippen LogP contribution is 2.33. The van der Waals surface area contributed by atoms with Gasteiger partial charge in [-0.3, -0.25) is 4.79 Å². The van der Waals surface area contributed by atoms with Gasteiger partial charge in [-0.1, -0.05) is 54.1 Å². The topological polar surface area (TPSA) is 59.4 Å². The van der Waals surface area contributed by atoms with Gasteiger partial charge in [-0.2, -0.15) is 0 Å². The van der Waals surface area contributed by atoms with Crippen LogP contribution in [-0.4, -0.2) is 16.4 Å². The number of ether oxygens (including phenoxy) is 1. The van der Waals surface area contributed by atoms with Gasteiger partial charge in [0.05, 0.1) is 21.8 Å². The van der Waals surface area contributed by atoms with E-state index in [0.717, 1.165) is 33.3 Å². The van der Waals surface area contributed by atoms with E-state index in [1.165, 1.54) is 12.1 Å². The van der Waals surface area contributed by atoms with Crippen molar-refractivity contribution in [2.24, 2.45) is 0 Å². The normalized spacial score (nSPS) is 10.8. The third-order valence-corrected chi connectivity index (χ3v) is 5.21. The van der Waals surface area contributed by atoms with E-state index in [1.807, 2.05) is 55.5 Å². The van der Waals surface area contributed by atoms with Gasteiger partial charge < -0.3 is 9.84 Å². The minimum Gasteiger partial charge on any atom is -0.507 e. The summed E-state index contributed by atoms with van der Waals surface area (Å²) in [4.78, 5) is 15.7. The second-order valence-electron chi connectivity index (χ2n) is 6.73. The fourth-order valence-corrected chi connectivity index (χ4v) is 3.48. The first-order valence-corrected chi connectivity index (χ1v) is 9.50. The molecule has 0 aliphatic rings. The number of phenolic OH excluding ortho intramolecular Hbond substituents is 1. The Labute approximate surface area is 173 Å². The molecule has 0 fully saturated rings. The molecule has 1 heterocycles. The molecule has 1 aromatic heterocycles. The fourth-order valence-electron chi connectivity index (χ4n) is 3.25. The van der Waals surface area contributed by atoms with E-state index in [0.29, 0.717) is 12.0 Å². The molecule has 0 saturated carbocycles. The molecule has 0 atom stereocenters. The summed E-state index contributed by atoms with van der Waals surface area (Å²) >= 11 is 6.16. The van der Waals surface area contributed by atoms with Gasteiger partial charge in [-0.15, -0.1) is 0 Å². The lowest BCUT2D eigenvalue weighted by Gasteiger charge is -2.14. The Bertz CT molecular complexity index is 1220. The van der Waals surface area contributed by atoms with Crippen LogP contribution < -0.4 is 4.74 Å². The number of aromatic hydroxyl groups is 1. The predicted molar refractivity (Wildman–Crippen MR) is 115 cm³/mol. The Morgan fingerprint density at radius 2 is 1.90 bits per heavy atom. The van der Waals surface area contributed by atoms with Gasteiger partial charge in [0.2, 0.25) is 0 Å². The third-order valence-electron chi connectivity index (χ3n) is 4.91. The van der Waals surface area contributed by atoms with Gasteiger partial charge in [0, 0.05) is 17.0 Å². The molecule has 5 heteroatoms. The third kappa shape index (κ3) is 3.80. The molecule has 0 spiro atoms. The van der Waals surface area contributed by atoms with Crippen LogP contribution in [0, 0.1) is 6.92 Å². The summed E-state index contributed by atoms with van der Waals surface area (Å²) in [7, 11) is 0. The number of pyridine rings is 1. The highest BCUT2D eigenvalue weighted by atomic mass is 35.5. The van der Waals surface area contributed by atoms with E-state index in [4.69, 9.17) is 21.3 Å². The molecule has 4 nitrogen and oxygen atoms in total. The van der Waals surface area contributed by atoms with Crippen molar-refractivity contribution < 1.29 is 14.6 Å². The van der Waals surface area contributed by atoms with Gasteiger partial charge in [0.15, 0.2) is 6.29 Å². The maximum Gasteiger partial charge on any atom is 0.153 e. The van der Waals surface area contributed by atoms with E-state index >= 15 is 0 Å². The zero-order valence-electron chi connectivity index (χ0n) is 15.7. The average Bonchev–Trinajstić information content (AvgIpc) is 2.74. The molecule has 144 valence electrons. The molecule has 0 amide bonds. The van der Waals surface area contributed by atoms with E-state index in [9.17, 15) is 9.90 Å². The van der Waals surface area contributed by atoms with Crippen molar-refractivity contribution in [1.29, 1.82) is 0 Å². The summed E-state index contributed by atoms with van der Waals surface area (Å²) in [6.45, 7) is 2.30. The lowest BCUT2D eigenvalue weighted by Crippen LogP contribution is -2.00. The van der Waals surface area contributed by atoms with Gasteiger partial charge in [-0.05, 0) is 36.2 Å². The maximum absolute atomic E-state index is 10.9. The number of fused-ring (bicyclic) bond motifs is 1. The largest absolute Gasteiger partial charge is 0.507 e. The van der Waals surface area contributed by atoms with Crippen molar-refractivity contribution in [2.75, 3.05) is 0 Å². The maximum atomic E-state index is 10.9. The highest BCUT2D eigenvalue weighted by molar-refractivity contribution is 6.32. The molecule has 4 rings (SSSR count). The van der Waals surface area contributed by atoms with Crippen molar-refractivity contribution in [2.45, 2.75) is 13.5 Å². The number of carbonyl (C=O) groups is 1. The van der Waals surface area contributed by atoms with Gasteiger partial charge in [0.25, 0.3) is 0 Å². The minimum absolute atomic E-state index is 0.128. The molecule has 0 bridgehead atoms. The van der Waals surface area contributed by atoms with Crippen LogP contribution in [0.2, 0.25) is 5.02 Å². The summed E-state index contributed by atoms with van der Waals surface area (Å²) in [5.41, 5.74) is 5.04. The number of rotatable bonds is 5. The van der Waals surface area contributed by atoms with Gasteiger partial charge >= 0.3 is 0 Å². The first kappa shape index (κ1) is 19.0. The Balaban J connectivity index is 1.63. The van der Waals surface area contributed by atoms with Crippen LogP contribution in [-0.2, 0) is 6.61 Å². The predicted octanol–water partition coefficient (Wildman–Crippen LogP) is 5.96. The van der Waals surface area contributed by atoms with E-state index in [-0.39, 0.29) is 22.9 Å². The molecule has 0 unspecified atom stereocenters. The van der Waals surface area contributed by atoms with Crippen LogP contribution in [0.4, 0.5) is 0 Å². The van der Waals surface area contributed by atoms with Crippen LogP contribution in [0.15, 0.2) is 66.7 Å². The van der Waals surface area contributed by atoms with Crippen molar-refractivity contribution in [3.63, 3.8) is 0 Å². The van der Waals surface area contributed by atoms with Gasteiger partial charge in [-0.25, -0.2) is 4.98 Å². The first-order chi connectivity index (χ1) is 14.1. The molecule has 0 aliphatic carbocycles. The first-order valence-electron chi connectivity index (χ1n) is 9.12. The smallest absolute Gasteiger partial charge is 0.153 e. The quantitative estimate of drug-likeness (QED) is 0.417.